The average molecular weight is 318 g/mol. The molecule has 5 nitrogen and oxygen atoms in total. The fraction of sp³-hybridized carbons (Fsp3) is 0.105. The number of hydrogen-bond donors (Lipinski definition) is 2. The van der Waals surface area contributed by atoms with E-state index >= 15 is 0 Å². The Balaban J connectivity index is 1.51. The molecule has 0 unspecified atom stereocenters. The van der Waals surface area contributed by atoms with Gasteiger partial charge in [-0.15, -0.1) is 10.2 Å². The number of nitrogens with zero attached hydrogens (tertiary/aromatic N) is 2. The molecule has 0 aliphatic heterocycles. The Kier molecular flexibility index (Phi) is 5.14. The van der Waals surface area contributed by atoms with Crippen molar-refractivity contribution in [3.8, 4) is 0 Å². The maximum absolute atomic E-state index is 12.0. The Morgan fingerprint density at radius 2 is 1.42 bits per heavy atom. The summed E-state index contributed by atoms with van der Waals surface area (Å²) >= 11 is 0. The molecule has 3 aromatic rings. The molecule has 2 aromatic carbocycles. The van der Waals surface area contributed by atoms with Crippen LogP contribution in [-0.2, 0) is 6.42 Å². The Morgan fingerprint density at radius 1 is 0.792 bits per heavy atom. The number of amides is 1. The second-order valence-electron chi connectivity index (χ2n) is 5.29. The van der Waals surface area contributed by atoms with E-state index in [4.69, 9.17) is 0 Å². The van der Waals surface area contributed by atoms with Gasteiger partial charge in [0.25, 0.3) is 5.91 Å². The Morgan fingerprint density at radius 3 is 2.08 bits per heavy atom. The molecule has 0 radical (unpaired) electrons. The number of carbonyl (C=O) groups is 1. The Bertz CT molecular complexity index is 773. The minimum Gasteiger partial charge on any atom is -0.368 e. The number of hydrogen-bond acceptors (Lipinski definition) is 4. The van der Waals surface area contributed by atoms with Gasteiger partial charge in [0.05, 0.1) is 0 Å². The summed E-state index contributed by atoms with van der Waals surface area (Å²) in [6.45, 7) is 0.772. The van der Waals surface area contributed by atoms with Gasteiger partial charge in [-0.05, 0) is 36.2 Å². The zero-order valence-electron chi connectivity index (χ0n) is 13.1. The smallest absolute Gasteiger partial charge is 0.256 e. The monoisotopic (exact) mass is 318 g/mol. The summed E-state index contributed by atoms with van der Waals surface area (Å²) in [7, 11) is 0. The first-order valence-corrected chi connectivity index (χ1v) is 7.79. The number of carbonyl (C=O) groups excluding carboxylic acids is 1. The number of anilines is 2. The molecular weight excluding hydrogens is 300 g/mol. The van der Waals surface area contributed by atoms with Crippen LogP contribution in [0.15, 0.2) is 72.8 Å². The first kappa shape index (κ1) is 15.7. The number of benzene rings is 2. The van der Waals surface area contributed by atoms with Crippen molar-refractivity contribution in [2.75, 3.05) is 17.2 Å². The van der Waals surface area contributed by atoms with Crippen LogP contribution in [0.3, 0.4) is 0 Å². The van der Waals surface area contributed by atoms with Crippen molar-refractivity contribution < 1.29 is 4.79 Å². The third kappa shape index (κ3) is 4.39. The predicted octanol–water partition coefficient (Wildman–Crippen LogP) is 3.38. The van der Waals surface area contributed by atoms with Crippen LogP contribution in [0.25, 0.3) is 0 Å². The van der Waals surface area contributed by atoms with Gasteiger partial charge in [-0.25, -0.2) is 0 Å². The fourth-order valence-corrected chi connectivity index (χ4v) is 2.25. The molecule has 5 heteroatoms. The van der Waals surface area contributed by atoms with Crippen molar-refractivity contribution in [1.82, 2.24) is 10.2 Å². The van der Waals surface area contributed by atoms with Crippen molar-refractivity contribution in [3.63, 3.8) is 0 Å². The largest absolute Gasteiger partial charge is 0.368 e. The first-order chi connectivity index (χ1) is 11.8. The van der Waals surface area contributed by atoms with Crippen LogP contribution in [0.1, 0.15) is 15.9 Å². The van der Waals surface area contributed by atoms with Gasteiger partial charge in [-0.2, -0.15) is 0 Å². The Hall–Kier alpha value is -3.21. The van der Waals surface area contributed by atoms with E-state index < -0.39 is 0 Å². The molecule has 0 aliphatic carbocycles. The summed E-state index contributed by atoms with van der Waals surface area (Å²) in [6, 6.07) is 22.8. The molecule has 2 N–H and O–H groups in total. The van der Waals surface area contributed by atoms with Crippen molar-refractivity contribution in [3.05, 3.63) is 83.9 Å². The van der Waals surface area contributed by atoms with E-state index in [0.29, 0.717) is 17.2 Å². The molecule has 1 heterocycles. The molecule has 0 bridgehead atoms. The van der Waals surface area contributed by atoms with Gasteiger partial charge < -0.3 is 10.6 Å². The third-order valence-electron chi connectivity index (χ3n) is 3.50. The molecule has 0 atom stereocenters. The molecule has 0 aliphatic rings. The quantitative estimate of drug-likeness (QED) is 0.731. The van der Waals surface area contributed by atoms with Gasteiger partial charge in [0, 0.05) is 12.1 Å². The maximum atomic E-state index is 12.0. The van der Waals surface area contributed by atoms with Gasteiger partial charge in [-0.3, -0.25) is 4.79 Å². The Labute approximate surface area is 140 Å². The van der Waals surface area contributed by atoms with Gasteiger partial charge in [0.1, 0.15) is 5.82 Å². The summed E-state index contributed by atoms with van der Waals surface area (Å²) in [5, 5.41) is 14.1. The average Bonchev–Trinajstić information content (AvgIpc) is 2.65. The molecule has 1 aromatic heterocycles. The van der Waals surface area contributed by atoms with Gasteiger partial charge in [0.15, 0.2) is 5.82 Å². The van der Waals surface area contributed by atoms with Crippen LogP contribution in [-0.4, -0.2) is 22.6 Å². The fourth-order valence-electron chi connectivity index (χ4n) is 2.25. The number of aromatic nitrogens is 2. The highest BCUT2D eigenvalue weighted by Crippen LogP contribution is 2.09. The van der Waals surface area contributed by atoms with E-state index in [1.54, 1.807) is 24.3 Å². The molecular formula is C19H18N4O. The molecule has 1 amide bonds. The second-order valence-corrected chi connectivity index (χ2v) is 5.29. The zero-order valence-corrected chi connectivity index (χ0v) is 13.1. The molecule has 24 heavy (non-hydrogen) atoms. The topological polar surface area (TPSA) is 66.9 Å². The SMILES string of the molecule is O=C(Nc1ccc(NCCc2ccccc2)nn1)c1ccccc1. The van der Waals surface area contributed by atoms with Crippen LogP contribution in [0.2, 0.25) is 0 Å². The van der Waals surface area contributed by atoms with E-state index in [1.165, 1.54) is 5.56 Å². The number of nitrogens with one attached hydrogen (secondary N) is 2. The highest BCUT2D eigenvalue weighted by molar-refractivity contribution is 6.03. The summed E-state index contributed by atoms with van der Waals surface area (Å²) < 4.78 is 0. The van der Waals surface area contributed by atoms with Gasteiger partial charge >= 0.3 is 0 Å². The van der Waals surface area contributed by atoms with Crippen molar-refractivity contribution in [1.29, 1.82) is 0 Å². The van der Waals surface area contributed by atoms with E-state index in [1.807, 2.05) is 36.4 Å². The molecule has 0 fully saturated rings. The van der Waals surface area contributed by atoms with E-state index in [0.717, 1.165) is 13.0 Å². The lowest BCUT2D eigenvalue weighted by Crippen LogP contribution is -2.14. The molecule has 3 rings (SSSR count). The van der Waals surface area contributed by atoms with Crippen molar-refractivity contribution in [2.24, 2.45) is 0 Å². The molecule has 120 valence electrons. The van der Waals surface area contributed by atoms with E-state index in [-0.39, 0.29) is 5.91 Å². The van der Waals surface area contributed by atoms with Gasteiger partial charge in [0.2, 0.25) is 0 Å². The second kappa shape index (κ2) is 7.87. The molecule has 0 spiro atoms. The minimum atomic E-state index is -0.199. The molecule has 0 saturated carbocycles. The maximum Gasteiger partial charge on any atom is 0.256 e. The normalized spacial score (nSPS) is 10.2. The van der Waals surface area contributed by atoms with Crippen molar-refractivity contribution >= 4 is 17.5 Å². The third-order valence-corrected chi connectivity index (χ3v) is 3.50. The van der Waals surface area contributed by atoms with Crippen LogP contribution in [0.4, 0.5) is 11.6 Å². The zero-order chi connectivity index (χ0) is 16.6. The number of rotatable bonds is 6. The standard InChI is InChI=1S/C19H18N4O/c24-19(16-9-5-2-6-10-16)21-18-12-11-17(22-23-18)20-14-13-15-7-3-1-4-8-15/h1-12H,13-14H2,(H,20,22)(H,21,23,24). The van der Waals surface area contributed by atoms with Gasteiger partial charge in [-0.1, -0.05) is 48.5 Å². The lowest BCUT2D eigenvalue weighted by molar-refractivity contribution is 0.102. The van der Waals surface area contributed by atoms with Crippen LogP contribution >= 0.6 is 0 Å². The minimum absolute atomic E-state index is 0.199. The van der Waals surface area contributed by atoms with Crippen molar-refractivity contribution in [2.45, 2.75) is 6.42 Å². The molecule has 0 saturated heterocycles. The highest BCUT2D eigenvalue weighted by atomic mass is 16.1. The summed E-state index contributed by atoms with van der Waals surface area (Å²) in [5.74, 6) is 0.913. The van der Waals surface area contributed by atoms with Crippen LogP contribution in [0.5, 0.6) is 0 Å². The van der Waals surface area contributed by atoms with E-state index in [2.05, 4.69) is 33.0 Å². The summed E-state index contributed by atoms with van der Waals surface area (Å²) in [5.41, 5.74) is 1.86. The van der Waals surface area contributed by atoms with Crippen LogP contribution in [0, 0.1) is 0 Å². The van der Waals surface area contributed by atoms with Crippen LogP contribution < -0.4 is 10.6 Å². The summed E-state index contributed by atoms with van der Waals surface area (Å²) in [6.07, 6.45) is 0.912. The summed E-state index contributed by atoms with van der Waals surface area (Å²) in [4.78, 5) is 12.0. The van der Waals surface area contributed by atoms with E-state index in [9.17, 15) is 4.79 Å². The lowest BCUT2D eigenvalue weighted by Gasteiger charge is -2.07. The lowest BCUT2D eigenvalue weighted by atomic mass is 10.1. The first-order valence-electron chi connectivity index (χ1n) is 7.79. The predicted molar refractivity (Wildman–Crippen MR) is 95.1 cm³/mol. The highest BCUT2D eigenvalue weighted by Gasteiger charge is 2.06.